The number of aliphatic hydroxyl groups is 1. The first kappa shape index (κ1) is 29.0. The zero-order chi connectivity index (χ0) is 27.1. The molecule has 1 aliphatic rings. The molecule has 3 rings (SSSR count). The van der Waals surface area contributed by atoms with Gasteiger partial charge in [-0.15, -0.1) is 0 Å². The van der Waals surface area contributed by atoms with Crippen molar-refractivity contribution < 1.29 is 27.7 Å². The highest BCUT2D eigenvalue weighted by Gasteiger charge is 2.47. The SMILES string of the molecule is CN(C)S(=O)(=O)n1c([C@H](O)[C@H](OCc2ccccc2)[C@H]2COC(C)(C)O2)cnc1[Si](C)(C)C(C)(C)C. The molecular weight excluding hydrogens is 498 g/mol. The maximum atomic E-state index is 13.6. The molecule has 1 saturated heterocycles. The van der Waals surface area contributed by atoms with Crippen LogP contribution < -0.4 is 5.45 Å². The van der Waals surface area contributed by atoms with Crippen molar-refractivity contribution in [3.8, 4) is 0 Å². The van der Waals surface area contributed by atoms with Crippen molar-refractivity contribution in [2.45, 2.75) is 83.5 Å². The molecule has 1 aromatic heterocycles. The minimum absolute atomic E-state index is 0.148. The molecule has 0 saturated carbocycles. The van der Waals surface area contributed by atoms with Crippen LogP contribution in [-0.2, 0) is 31.0 Å². The molecule has 9 nitrogen and oxygen atoms in total. The number of nitrogens with zero attached hydrogens (tertiary/aromatic N) is 3. The summed E-state index contributed by atoms with van der Waals surface area (Å²) in [5, 5.41) is 11.5. The molecule has 1 aromatic carbocycles. The van der Waals surface area contributed by atoms with Crippen LogP contribution in [0.1, 0.15) is 52.0 Å². The molecule has 1 aliphatic heterocycles. The Labute approximate surface area is 216 Å². The molecular formula is C25H41N3O6SSi. The highest BCUT2D eigenvalue weighted by atomic mass is 32.2. The first-order valence-electron chi connectivity index (χ1n) is 12.2. The van der Waals surface area contributed by atoms with Gasteiger partial charge >= 0.3 is 10.2 Å². The summed E-state index contributed by atoms with van der Waals surface area (Å²) in [6, 6.07) is 9.59. The van der Waals surface area contributed by atoms with Gasteiger partial charge in [-0.25, -0.2) is 8.96 Å². The second-order valence-corrected chi connectivity index (χ2v) is 18.7. The second kappa shape index (κ2) is 10.3. The van der Waals surface area contributed by atoms with Gasteiger partial charge in [0.25, 0.3) is 0 Å². The molecule has 202 valence electrons. The van der Waals surface area contributed by atoms with Gasteiger partial charge in [0.1, 0.15) is 31.8 Å². The number of aliphatic hydroxyl groups excluding tert-OH is 1. The number of imidazole rings is 1. The Bertz CT molecular complexity index is 1140. The fourth-order valence-corrected chi connectivity index (χ4v) is 7.66. The maximum Gasteiger partial charge on any atom is 0.308 e. The van der Waals surface area contributed by atoms with Gasteiger partial charge in [-0.1, -0.05) is 64.2 Å². The molecule has 0 unspecified atom stereocenters. The summed E-state index contributed by atoms with van der Waals surface area (Å²) in [5.41, 5.74) is 1.54. The summed E-state index contributed by atoms with van der Waals surface area (Å²) < 4.78 is 47.6. The molecule has 2 aromatic rings. The molecule has 36 heavy (non-hydrogen) atoms. The van der Waals surface area contributed by atoms with E-state index in [4.69, 9.17) is 14.2 Å². The minimum Gasteiger partial charge on any atom is -0.384 e. The average molecular weight is 540 g/mol. The Morgan fingerprint density at radius 1 is 1.25 bits per heavy atom. The van der Waals surface area contributed by atoms with Gasteiger partial charge in [0.05, 0.1) is 25.1 Å². The van der Waals surface area contributed by atoms with Crippen molar-refractivity contribution >= 4 is 23.7 Å². The lowest BCUT2D eigenvalue weighted by Gasteiger charge is -2.37. The van der Waals surface area contributed by atoms with Crippen LogP contribution >= 0.6 is 0 Å². The van der Waals surface area contributed by atoms with E-state index in [-0.39, 0.29) is 23.9 Å². The summed E-state index contributed by atoms with van der Waals surface area (Å²) in [6.45, 7) is 14.5. The van der Waals surface area contributed by atoms with E-state index in [2.05, 4.69) is 38.8 Å². The first-order chi connectivity index (χ1) is 16.5. The highest BCUT2D eigenvalue weighted by molar-refractivity contribution is 7.87. The zero-order valence-corrected chi connectivity index (χ0v) is 24.7. The van der Waals surface area contributed by atoms with E-state index in [1.807, 2.05) is 30.3 Å². The summed E-state index contributed by atoms with van der Waals surface area (Å²) in [7, 11) is -3.48. The lowest BCUT2D eigenvalue weighted by molar-refractivity contribution is -0.173. The van der Waals surface area contributed by atoms with Gasteiger partial charge in [0.15, 0.2) is 5.79 Å². The van der Waals surface area contributed by atoms with Gasteiger partial charge < -0.3 is 19.3 Å². The quantitative estimate of drug-likeness (QED) is 0.489. The predicted octanol–water partition coefficient (Wildman–Crippen LogP) is 3.02. The molecule has 11 heteroatoms. The van der Waals surface area contributed by atoms with E-state index in [0.717, 1.165) is 9.87 Å². The first-order valence-corrected chi connectivity index (χ1v) is 16.6. The fourth-order valence-electron chi connectivity index (χ4n) is 3.92. The smallest absolute Gasteiger partial charge is 0.308 e. The molecule has 1 fully saturated rings. The summed E-state index contributed by atoms with van der Waals surface area (Å²) in [5.74, 6) is -0.846. The average Bonchev–Trinajstić information content (AvgIpc) is 3.38. The third-order valence-corrected chi connectivity index (χ3v) is 14.3. The number of hydrogen-bond acceptors (Lipinski definition) is 7. The number of hydrogen-bond donors (Lipinski definition) is 1. The van der Waals surface area contributed by atoms with E-state index < -0.39 is 42.4 Å². The number of rotatable bonds is 9. The number of aromatic nitrogens is 2. The number of benzene rings is 1. The van der Waals surface area contributed by atoms with Gasteiger partial charge in [-0.3, -0.25) is 0 Å². The lowest BCUT2D eigenvalue weighted by Crippen LogP contribution is -2.56. The molecule has 0 spiro atoms. The Kier molecular flexibility index (Phi) is 8.27. The van der Waals surface area contributed by atoms with Crippen LogP contribution in [0.5, 0.6) is 0 Å². The van der Waals surface area contributed by atoms with Crippen molar-refractivity contribution in [3.05, 3.63) is 47.8 Å². The largest absolute Gasteiger partial charge is 0.384 e. The van der Waals surface area contributed by atoms with Crippen LogP contribution in [0.4, 0.5) is 0 Å². The van der Waals surface area contributed by atoms with Crippen LogP contribution in [0.25, 0.3) is 0 Å². The Hall–Kier alpha value is -1.60. The molecule has 2 heterocycles. The number of ether oxygens (including phenoxy) is 3. The molecule has 0 radical (unpaired) electrons. The van der Waals surface area contributed by atoms with Gasteiger partial charge in [0.2, 0.25) is 0 Å². The standard InChI is InChI=1S/C25H41N3O6SSi/c1-24(2,3)36(8,9)23-26-15-19(28(23)35(30,31)27(6)7)21(29)22(20-17-33-25(4,5)34-20)32-16-18-13-11-10-12-14-18/h10-15,20-22,29H,16-17H2,1-9H3/t20-,21+,22-/m1/s1. The Morgan fingerprint density at radius 3 is 2.36 bits per heavy atom. The molecule has 1 N–H and O–H groups in total. The van der Waals surface area contributed by atoms with Gasteiger partial charge in [-0.2, -0.15) is 12.7 Å². The Morgan fingerprint density at radius 2 is 1.86 bits per heavy atom. The fraction of sp³-hybridized carbons (Fsp3) is 0.640. The topological polar surface area (TPSA) is 103 Å². The van der Waals surface area contributed by atoms with E-state index in [9.17, 15) is 13.5 Å². The zero-order valence-electron chi connectivity index (χ0n) is 22.8. The van der Waals surface area contributed by atoms with E-state index in [1.54, 1.807) is 13.8 Å². The van der Waals surface area contributed by atoms with Crippen LogP contribution in [0.2, 0.25) is 18.1 Å². The maximum absolute atomic E-state index is 13.6. The van der Waals surface area contributed by atoms with Crippen molar-refractivity contribution in [3.63, 3.8) is 0 Å². The minimum atomic E-state index is -4.00. The van der Waals surface area contributed by atoms with Crippen LogP contribution in [0, 0.1) is 0 Å². The molecule has 0 aliphatic carbocycles. The van der Waals surface area contributed by atoms with Crippen LogP contribution in [0.15, 0.2) is 36.5 Å². The molecule has 3 atom stereocenters. The third kappa shape index (κ3) is 5.77. The van der Waals surface area contributed by atoms with Crippen molar-refractivity contribution in [1.29, 1.82) is 0 Å². The van der Waals surface area contributed by atoms with E-state index >= 15 is 0 Å². The normalized spacial score (nSPS) is 20.6. The summed E-state index contributed by atoms with van der Waals surface area (Å²) in [6.07, 6.45) is -1.38. The molecule has 0 bridgehead atoms. The van der Waals surface area contributed by atoms with Crippen molar-refractivity contribution in [1.82, 2.24) is 13.3 Å². The van der Waals surface area contributed by atoms with Gasteiger partial charge in [0, 0.05) is 14.1 Å². The monoisotopic (exact) mass is 539 g/mol. The molecule has 0 amide bonds. The van der Waals surface area contributed by atoms with Crippen molar-refractivity contribution in [2.24, 2.45) is 0 Å². The van der Waals surface area contributed by atoms with E-state index in [0.29, 0.717) is 5.45 Å². The predicted molar refractivity (Wildman–Crippen MR) is 142 cm³/mol. The Balaban J connectivity index is 2.10. The highest BCUT2D eigenvalue weighted by Crippen LogP contribution is 2.37. The third-order valence-electron chi connectivity index (χ3n) is 7.17. The summed E-state index contributed by atoms with van der Waals surface area (Å²) >= 11 is 0. The summed E-state index contributed by atoms with van der Waals surface area (Å²) in [4.78, 5) is 4.61. The second-order valence-electron chi connectivity index (χ2n) is 11.5. The van der Waals surface area contributed by atoms with Gasteiger partial charge in [-0.05, 0) is 24.4 Å². The van der Waals surface area contributed by atoms with Crippen molar-refractivity contribution in [2.75, 3.05) is 20.7 Å². The van der Waals surface area contributed by atoms with E-state index in [1.165, 1.54) is 24.3 Å². The van der Waals surface area contributed by atoms with Crippen LogP contribution in [-0.4, -0.2) is 73.6 Å². The van der Waals surface area contributed by atoms with Crippen LogP contribution in [0.3, 0.4) is 0 Å². The lowest BCUT2D eigenvalue weighted by atomic mass is 10.1.